The van der Waals surface area contributed by atoms with Crippen LogP contribution in [0.25, 0.3) is 0 Å². The molecule has 0 aromatic carbocycles. The Hall–Kier alpha value is -1.17. The normalized spacial score (nSPS) is 22.9. The lowest BCUT2D eigenvalue weighted by Gasteiger charge is -2.36. The first-order valence-electron chi connectivity index (χ1n) is 8.21. The maximum Gasteiger partial charge on any atom is 0.217 e. The summed E-state index contributed by atoms with van der Waals surface area (Å²) in [6.07, 6.45) is 1.62. The van der Waals surface area contributed by atoms with Crippen molar-refractivity contribution in [3.8, 4) is 0 Å². The third-order valence-electron chi connectivity index (χ3n) is 4.90. The summed E-state index contributed by atoms with van der Waals surface area (Å²) in [7, 11) is 0. The Labute approximate surface area is 142 Å². The summed E-state index contributed by atoms with van der Waals surface area (Å²) in [5.41, 5.74) is 1.99. The van der Waals surface area contributed by atoms with Crippen LogP contribution >= 0.6 is 11.6 Å². The Bertz CT molecular complexity index is 639. The van der Waals surface area contributed by atoms with Crippen molar-refractivity contribution in [2.75, 3.05) is 13.1 Å². The molecule has 1 spiro atoms. The Balaban J connectivity index is 2.08. The first kappa shape index (κ1) is 16.7. The number of aryl methyl sites for hydroxylation is 1. The molecule has 0 aliphatic carbocycles. The summed E-state index contributed by atoms with van der Waals surface area (Å²) in [5.74, 6) is -0.0655. The van der Waals surface area contributed by atoms with E-state index in [1.807, 2.05) is 26.8 Å². The van der Waals surface area contributed by atoms with Crippen molar-refractivity contribution in [3.05, 3.63) is 28.0 Å². The van der Waals surface area contributed by atoms with Gasteiger partial charge in [-0.25, -0.2) is 0 Å². The van der Waals surface area contributed by atoms with Crippen LogP contribution in [0.5, 0.6) is 0 Å². The molecule has 3 N–H and O–H groups in total. The molecule has 0 unspecified atom stereocenters. The predicted molar refractivity (Wildman–Crippen MR) is 88.3 cm³/mol. The van der Waals surface area contributed by atoms with Crippen molar-refractivity contribution in [3.63, 3.8) is 0 Å². The average Bonchev–Trinajstić information content (AvgIpc) is 2.74. The zero-order chi connectivity index (χ0) is 16.8. The van der Waals surface area contributed by atoms with Gasteiger partial charge in [0.25, 0.3) is 0 Å². The summed E-state index contributed by atoms with van der Waals surface area (Å²) in [6, 6.07) is 1.97. The van der Waals surface area contributed by atoms with Gasteiger partial charge in [0.2, 0.25) is 5.91 Å². The summed E-state index contributed by atoms with van der Waals surface area (Å²) in [4.78, 5) is 16.4. The van der Waals surface area contributed by atoms with Crippen molar-refractivity contribution >= 4 is 17.5 Å². The Morgan fingerprint density at radius 3 is 2.74 bits per heavy atom. The quantitative estimate of drug-likeness (QED) is 0.860. The van der Waals surface area contributed by atoms with Crippen LogP contribution in [0.15, 0.2) is 6.07 Å². The minimum atomic E-state index is -0.522. The molecule has 1 fully saturated rings. The molecule has 0 saturated carbocycles. The Morgan fingerprint density at radius 1 is 1.48 bits per heavy atom. The van der Waals surface area contributed by atoms with Crippen LogP contribution in [0.4, 0.5) is 0 Å². The molecule has 0 bridgehead atoms. The number of hydrogen-bond donors (Lipinski definition) is 2. The van der Waals surface area contributed by atoms with Crippen molar-refractivity contribution in [1.82, 2.24) is 10.3 Å². The molecule has 1 aromatic heterocycles. The van der Waals surface area contributed by atoms with Gasteiger partial charge in [-0.15, -0.1) is 0 Å². The molecule has 1 amide bonds. The average molecular weight is 339 g/mol. The number of nitrogens with zero attached hydrogens (tertiary/aromatic N) is 1. The smallest absolute Gasteiger partial charge is 0.217 e. The highest BCUT2D eigenvalue weighted by atomic mass is 35.5. The molecule has 3 heterocycles. The number of amides is 1. The first-order chi connectivity index (χ1) is 10.8. The van der Waals surface area contributed by atoms with E-state index < -0.39 is 5.54 Å². The molecule has 1 aromatic rings. The van der Waals surface area contributed by atoms with E-state index in [0.29, 0.717) is 5.02 Å². The third kappa shape index (κ3) is 2.86. The van der Waals surface area contributed by atoms with Crippen LogP contribution in [-0.4, -0.2) is 29.5 Å². The Morgan fingerprint density at radius 2 is 2.13 bits per heavy atom. The number of carbonyl (C=O) groups is 1. The number of hydrogen-bond acceptors (Lipinski definition) is 3. The van der Waals surface area contributed by atoms with Gasteiger partial charge in [-0.2, -0.15) is 0 Å². The topological polar surface area (TPSA) is 67.8 Å². The maximum absolute atomic E-state index is 11.6. The van der Waals surface area contributed by atoms with E-state index in [9.17, 15) is 4.79 Å². The molecule has 1 atom stereocenters. The molecule has 5 nitrogen and oxygen atoms in total. The highest BCUT2D eigenvalue weighted by Gasteiger charge is 2.52. The number of halogens is 1. The highest BCUT2D eigenvalue weighted by molar-refractivity contribution is 6.31. The molecule has 2 aliphatic rings. The van der Waals surface area contributed by atoms with Crippen molar-refractivity contribution < 1.29 is 14.8 Å². The lowest BCUT2D eigenvalue weighted by Crippen LogP contribution is -2.87. The van der Waals surface area contributed by atoms with E-state index in [2.05, 4.69) is 10.6 Å². The fourth-order valence-electron chi connectivity index (χ4n) is 3.85. The molecule has 6 heteroatoms. The number of ether oxygens (including phenoxy) is 1. The second kappa shape index (κ2) is 5.72. The van der Waals surface area contributed by atoms with Gasteiger partial charge in [-0.05, 0) is 26.8 Å². The number of nitrogens with two attached hydrogens (primary N) is 1. The zero-order valence-corrected chi connectivity index (χ0v) is 15.0. The van der Waals surface area contributed by atoms with Gasteiger partial charge >= 0.3 is 0 Å². The van der Waals surface area contributed by atoms with Gasteiger partial charge in [-0.1, -0.05) is 11.6 Å². The predicted octanol–water partition coefficient (Wildman–Crippen LogP) is 1.58. The molecule has 23 heavy (non-hydrogen) atoms. The summed E-state index contributed by atoms with van der Waals surface area (Å²) in [5, 5.41) is 5.97. The van der Waals surface area contributed by atoms with Crippen LogP contribution in [-0.2, 0) is 15.1 Å². The van der Waals surface area contributed by atoms with Gasteiger partial charge in [0.1, 0.15) is 11.7 Å². The van der Waals surface area contributed by atoms with E-state index in [1.54, 1.807) is 0 Å². The van der Waals surface area contributed by atoms with Crippen molar-refractivity contribution in [2.45, 2.75) is 57.8 Å². The number of nitrogens with one attached hydrogen (secondary N) is 1. The summed E-state index contributed by atoms with van der Waals surface area (Å²) in [6.45, 7) is 9.49. The lowest BCUT2D eigenvalue weighted by molar-refractivity contribution is -0.669. The monoisotopic (exact) mass is 338 g/mol. The van der Waals surface area contributed by atoms with Gasteiger partial charge in [0, 0.05) is 25.3 Å². The molecular formula is C17H25ClN3O2+. The van der Waals surface area contributed by atoms with E-state index in [-0.39, 0.29) is 17.6 Å². The van der Waals surface area contributed by atoms with Gasteiger partial charge in [0.05, 0.1) is 35.0 Å². The number of quaternary nitrogens is 1. The minimum absolute atomic E-state index is 0.0655. The molecule has 3 rings (SSSR count). The number of carbonyl (C=O) groups excluding carboxylic acids is 1. The third-order valence-corrected chi connectivity index (χ3v) is 5.28. The van der Waals surface area contributed by atoms with Gasteiger partial charge in [-0.3, -0.25) is 9.78 Å². The van der Waals surface area contributed by atoms with Crippen LogP contribution in [0, 0.1) is 6.92 Å². The number of piperidine rings is 1. The molecule has 2 aliphatic heterocycles. The largest absolute Gasteiger partial charge is 0.358 e. The lowest BCUT2D eigenvalue weighted by atomic mass is 9.86. The van der Waals surface area contributed by atoms with E-state index in [0.717, 1.165) is 42.9 Å². The van der Waals surface area contributed by atoms with Crippen LogP contribution in [0.1, 0.15) is 56.7 Å². The maximum atomic E-state index is 11.6. The highest BCUT2D eigenvalue weighted by Crippen LogP contribution is 2.51. The van der Waals surface area contributed by atoms with Crippen LogP contribution in [0.3, 0.4) is 0 Å². The second-order valence-corrected chi connectivity index (χ2v) is 7.66. The van der Waals surface area contributed by atoms with E-state index in [4.69, 9.17) is 21.3 Å². The molecule has 1 saturated heterocycles. The van der Waals surface area contributed by atoms with Gasteiger partial charge < -0.3 is 15.4 Å². The zero-order valence-electron chi connectivity index (χ0n) is 14.2. The second-order valence-electron chi connectivity index (χ2n) is 7.25. The fourth-order valence-corrected chi connectivity index (χ4v) is 4.01. The summed E-state index contributed by atoms with van der Waals surface area (Å²) < 4.78 is 6.58. The fraction of sp³-hybridized carbons (Fsp3) is 0.647. The van der Waals surface area contributed by atoms with Crippen molar-refractivity contribution in [2.24, 2.45) is 0 Å². The first-order valence-corrected chi connectivity index (χ1v) is 8.59. The minimum Gasteiger partial charge on any atom is -0.358 e. The standard InChI is InChI=1S/C17H24ClN3O2/c1-10-13(18)9-12-14(20-10)17(5-7-19-8-6-17)23-15(12)16(3,4)21-11(2)22/h9,15,19H,5-8H2,1-4H3,(H,21,22)/p+1/t15-/m0/s1. The van der Waals surface area contributed by atoms with Crippen LogP contribution < -0.4 is 10.6 Å². The number of rotatable bonds is 2. The molecule has 0 radical (unpaired) electrons. The molecule has 126 valence electrons. The van der Waals surface area contributed by atoms with Crippen molar-refractivity contribution in [1.29, 1.82) is 0 Å². The Kier molecular flexibility index (Phi) is 4.15. The SMILES string of the molecule is CC(=O)NC(C)(C)[C@H]1OC2(CC[NH2+]CC2)c2nc(C)c(Cl)cc21. The molecular weight excluding hydrogens is 314 g/mol. The number of fused-ring (bicyclic) bond motifs is 2. The van der Waals surface area contributed by atoms with E-state index >= 15 is 0 Å². The van der Waals surface area contributed by atoms with Gasteiger partial charge in [0.15, 0.2) is 0 Å². The van der Waals surface area contributed by atoms with Crippen LogP contribution in [0.2, 0.25) is 5.02 Å². The van der Waals surface area contributed by atoms with E-state index in [1.165, 1.54) is 6.92 Å². The summed E-state index contributed by atoms with van der Waals surface area (Å²) >= 11 is 6.33. The number of aromatic nitrogens is 1. The number of pyridine rings is 1.